The SMILES string of the molecule is CC(C)(C)OC(=O)NCCC(=O)OCC(=O)Nc1ccc2ccccc2c1. The van der Waals surface area contributed by atoms with E-state index >= 15 is 0 Å². The molecule has 0 aromatic heterocycles. The third kappa shape index (κ3) is 7.35. The van der Waals surface area contributed by atoms with Crippen LogP contribution in [0.3, 0.4) is 0 Å². The van der Waals surface area contributed by atoms with Gasteiger partial charge in [-0.3, -0.25) is 9.59 Å². The maximum absolute atomic E-state index is 11.9. The molecule has 0 bridgehead atoms. The summed E-state index contributed by atoms with van der Waals surface area (Å²) in [7, 11) is 0. The monoisotopic (exact) mass is 372 g/mol. The molecule has 0 saturated heterocycles. The van der Waals surface area contributed by atoms with Crippen LogP contribution in [-0.4, -0.2) is 36.7 Å². The van der Waals surface area contributed by atoms with Gasteiger partial charge in [-0.05, 0) is 43.7 Å². The van der Waals surface area contributed by atoms with E-state index in [1.54, 1.807) is 26.8 Å². The molecule has 2 amide bonds. The second kappa shape index (κ2) is 9.02. The van der Waals surface area contributed by atoms with Crippen molar-refractivity contribution in [3.05, 3.63) is 42.5 Å². The average molecular weight is 372 g/mol. The van der Waals surface area contributed by atoms with Gasteiger partial charge in [0.05, 0.1) is 6.42 Å². The summed E-state index contributed by atoms with van der Waals surface area (Å²) in [4.78, 5) is 35.0. The van der Waals surface area contributed by atoms with Crippen molar-refractivity contribution in [1.29, 1.82) is 0 Å². The fourth-order valence-electron chi connectivity index (χ4n) is 2.26. The highest BCUT2D eigenvalue weighted by Gasteiger charge is 2.16. The number of esters is 1. The fourth-order valence-corrected chi connectivity index (χ4v) is 2.26. The van der Waals surface area contributed by atoms with Crippen molar-refractivity contribution in [1.82, 2.24) is 5.32 Å². The van der Waals surface area contributed by atoms with Gasteiger partial charge in [-0.2, -0.15) is 0 Å². The van der Waals surface area contributed by atoms with E-state index in [1.807, 2.05) is 36.4 Å². The zero-order valence-electron chi connectivity index (χ0n) is 15.7. The number of anilines is 1. The molecular formula is C20H24N2O5. The van der Waals surface area contributed by atoms with E-state index in [1.165, 1.54) is 0 Å². The molecule has 2 rings (SSSR count). The quantitative estimate of drug-likeness (QED) is 0.759. The third-order valence-electron chi connectivity index (χ3n) is 3.39. The summed E-state index contributed by atoms with van der Waals surface area (Å²) >= 11 is 0. The Morgan fingerprint density at radius 3 is 2.41 bits per heavy atom. The fraction of sp³-hybridized carbons (Fsp3) is 0.350. The van der Waals surface area contributed by atoms with Crippen molar-refractivity contribution in [3.63, 3.8) is 0 Å². The lowest BCUT2D eigenvalue weighted by Gasteiger charge is -2.19. The Morgan fingerprint density at radius 1 is 1.00 bits per heavy atom. The smallest absolute Gasteiger partial charge is 0.407 e. The van der Waals surface area contributed by atoms with Crippen molar-refractivity contribution in [2.45, 2.75) is 32.8 Å². The van der Waals surface area contributed by atoms with Crippen LogP contribution in [0.2, 0.25) is 0 Å². The van der Waals surface area contributed by atoms with Crippen LogP contribution in [0.5, 0.6) is 0 Å². The first-order valence-corrected chi connectivity index (χ1v) is 8.64. The summed E-state index contributed by atoms with van der Waals surface area (Å²) in [6, 6.07) is 13.3. The first-order chi connectivity index (χ1) is 12.7. The van der Waals surface area contributed by atoms with Gasteiger partial charge >= 0.3 is 12.1 Å². The van der Waals surface area contributed by atoms with E-state index in [-0.39, 0.29) is 13.0 Å². The number of fused-ring (bicyclic) bond motifs is 1. The number of ether oxygens (including phenoxy) is 2. The molecule has 27 heavy (non-hydrogen) atoms. The number of hydrogen-bond donors (Lipinski definition) is 2. The van der Waals surface area contributed by atoms with Gasteiger partial charge in [-0.15, -0.1) is 0 Å². The molecular weight excluding hydrogens is 348 g/mol. The summed E-state index contributed by atoms with van der Waals surface area (Å²) in [5, 5.41) is 7.21. The molecule has 0 unspecified atom stereocenters. The second-order valence-electron chi connectivity index (χ2n) is 6.95. The van der Waals surface area contributed by atoms with E-state index in [0.717, 1.165) is 10.8 Å². The lowest BCUT2D eigenvalue weighted by molar-refractivity contribution is -0.147. The maximum Gasteiger partial charge on any atom is 0.407 e. The maximum atomic E-state index is 11.9. The molecule has 7 nitrogen and oxygen atoms in total. The Labute approximate surface area is 158 Å². The third-order valence-corrected chi connectivity index (χ3v) is 3.39. The van der Waals surface area contributed by atoms with Crippen LogP contribution in [0.1, 0.15) is 27.2 Å². The number of benzene rings is 2. The number of carbonyl (C=O) groups excluding carboxylic acids is 3. The predicted octanol–water partition coefficient (Wildman–Crippen LogP) is 3.24. The normalized spacial score (nSPS) is 10.9. The molecule has 144 valence electrons. The van der Waals surface area contributed by atoms with Crippen LogP contribution < -0.4 is 10.6 Å². The van der Waals surface area contributed by atoms with Gasteiger partial charge in [0.2, 0.25) is 0 Å². The van der Waals surface area contributed by atoms with Gasteiger partial charge in [-0.25, -0.2) is 4.79 Å². The Bertz CT molecular complexity index is 826. The first kappa shape index (κ1) is 20.2. The van der Waals surface area contributed by atoms with Crippen LogP contribution >= 0.6 is 0 Å². The highest BCUT2D eigenvalue weighted by Crippen LogP contribution is 2.18. The second-order valence-corrected chi connectivity index (χ2v) is 6.95. The number of rotatable bonds is 6. The molecule has 0 fully saturated rings. The molecule has 2 aromatic carbocycles. The zero-order valence-corrected chi connectivity index (χ0v) is 15.7. The van der Waals surface area contributed by atoms with Gasteiger partial charge in [-0.1, -0.05) is 30.3 Å². The molecule has 2 aromatic rings. The van der Waals surface area contributed by atoms with E-state index in [4.69, 9.17) is 9.47 Å². The van der Waals surface area contributed by atoms with Crippen LogP contribution in [0.25, 0.3) is 10.8 Å². The van der Waals surface area contributed by atoms with E-state index in [0.29, 0.717) is 5.69 Å². The largest absolute Gasteiger partial charge is 0.456 e. The van der Waals surface area contributed by atoms with Crippen LogP contribution in [0.15, 0.2) is 42.5 Å². The molecule has 0 aliphatic rings. The Balaban J connectivity index is 1.70. The highest BCUT2D eigenvalue weighted by atomic mass is 16.6. The summed E-state index contributed by atoms with van der Waals surface area (Å²) < 4.78 is 9.95. The molecule has 7 heteroatoms. The van der Waals surface area contributed by atoms with Crippen LogP contribution in [-0.2, 0) is 19.1 Å². The van der Waals surface area contributed by atoms with E-state index in [2.05, 4.69) is 10.6 Å². The van der Waals surface area contributed by atoms with E-state index < -0.39 is 30.2 Å². The van der Waals surface area contributed by atoms with Gasteiger partial charge in [0.25, 0.3) is 5.91 Å². The van der Waals surface area contributed by atoms with Gasteiger partial charge in [0.1, 0.15) is 5.60 Å². The molecule has 0 saturated carbocycles. The first-order valence-electron chi connectivity index (χ1n) is 8.64. The van der Waals surface area contributed by atoms with Crippen molar-refractivity contribution in [2.24, 2.45) is 0 Å². The Hall–Kier alpha value is -3.09. The summed E-state index contributed by atoms with van der Waals surface area (Å²) in [5.74, 6) is -1.02. The standard InChI is InChI=1S/C20H24N2O5/c1-20(2,3)27-19(25)21-11-10-18(24)26-13-17(23)22-16-9-8-14-6-4-5-7-15(14)12-16/h4-9,12H,10-11,13H2,1-3H3,(H,21,25)(H,22,23). The number of hydrogen-bond acceptors (Lipinski definition) is 5. The minimum absolute atomic E-state index is 0.0531. The molecule has 0 aliphatic heterocycles. The van der Waals surface area contributed by atoms with Crippen LogP contribution in [0, 0.1) is 0 Å². The molecule has 0 atom stereocenters. The summed E-state index contributed by atoms with van der Waals surface area (Å²) in [6.07, 6.45) is -0.660. The Kier molecular flexibility index (Phi) is 6.76. The highest BCUT2D eigenvalue weighted by molar-refractivity contribution is 5.95. The number of alkyl carbamates (subject to hydrolysis) is 1. The van der Waals surface area contributed by atoms with Crippen molar-refractivity contribution < 1.29 is 23.9 Å². The zero-order chi connectivity index (χ0) is 19.9. The summed E-state index contributed by atoms with van der Waals surface area (Å²) in [6.45, 7) is 4.91. The minimum atomic E-state index is -0.607. The molecule has 2 N–H and O–H groups in total. The molecule has 0 spiro atoms. The van der Waals surface area contributed by atoms with Gasteiger partial charge in [0, 0.05) is 12.2 Å². The predicted molar refractivity (Wildman–Crippen MR) is 102 cm³/mol. The van der Waals surface area contributed by atoms with E-state index in [9.17, 15) is 14.4 Å². The number of nitrogens with one attached hydrogen (secondary N) is 2. The topological polar surface area (TPSA) is 93.7 Å². The molecule has 0 heterocycles. The van der Waals surface area contributed by atoms with Gasteiger partial charge < -0.3 is 20.1 Å². The van der Waals surface area contributed by atoms with Crippen molar-refractivity contribution >= 4 is 34.4 Å². The van der Waals surface area contributed by atoms with Crippen LogP contribution in [0.4, 0.5) is 10.5 Å². The summed E-state index contributed by atoms with van der Waals surface area (Å²) in [5.41, 5.74) is 0.0205. The Morgan fingerprint density at radius 2 is 1.70 bits per heavy atom. The number of carbonyl (C=O) groups is 3. The lowest BCUT2D eigenvalue weighted by atomic mass is 10.1. The van der Waals surface area contributed by atoms with Gasteiger partial charge in [0.15, 0.2) is 6.61 Å². The minimum Gasteiger partial charge on any atom is -0.456 e. The molecule has 0 radical (unpaired) electrons. The van der Waals surface area contributed by atoms with Crippen molar-refractivity contribution in [2.75, 3.05) is 18.5 Å². The van der Waals surface area contributed by atoms with Crippen molar-refractivity contribution in [3.8, 4) is 0 Å². The number of amides is 2. The average Bonchev–Trinajstić information content (AvgIpc) is 2.58. The lowest BCUT2D eigenvalue weighted by Crippen LogP contribution is -2.34. The molecule has 0 aliphatic carbocycles.